The van der Waals surface area contributed by atoms with Crippen molar-refractivity contribution in [1.82, 2.24) is 15.0 Å². The molecule has 0 atom stereocenters. The van der Waals surface area contributed by atoms with Crippen molar-refractivity contribution >= 4 is 17.6 Å². The molecule has 0 bridgehead atoms. The molecule has 7 nitrogen and oxygen atoms in total. The molecule has 27 heavy (non-hydrogen) atoms. The molecule has 0 amide bonds. The van der Waals surface area contributed by atoms with Gasteiger partial charge in [-0.1, -0.05) is 0 Å². The second-order valence-electron chi connectivity index (χ2n) is 7.37. The van der Waals surface area contributed by atoms with Gasteiger partial charge in [0.25, 0.3) is 0 Å². The topological polar surface area (TPSA) is 72.2 Å². The van der Waals surface area contributed by atoms with Crippen LogP contribution in [0.4, 0.5) is 17.6 Å². The van der Waals surface area contributed by atoms with Crippen LogP contribution >= 0.6 is 0 Å². The van der Waals surface area contributed by atoms with Crippen LogP contribution in [0.3, 0.4) is 0 Å². The minimum atomic E-state index is 0.704. The van der Waals surface area contributed by atoms with Crippen LogP contribution in [0.5, 0.6) is 0 Å². The summed E-state index contributed by atoms with van der Waals surface area (Å²) in [5, 5.41) is 9.61. The molecule has 3 heterocycles. The number of piperazine rings is 1. The van der Waals surface area contributed by atoms with E-state index in [0.717, 1.165) is 56.6 Å². The van der Waals surface area contributed by atoms with Crippen LogP contribution in [0.25, 0.3) is 0 Å². The molecule has 1 aliphatic carbocycles. The zero-order valence-corrected chi connectivity index (χ0v) is 16.0. The number of aromatic nitrogens is 3. The molecule has 2 aromatic rings. The van der Waals surface area contributed by atoms with Gasteiger partial charge in [-0.15, -0.1) is 0 Å². The molecule has 2 aromatic heterocycles. The smallest absolute Gasteiger partial charge is 0.227 e. The van der Waals surface area contributed by atoms with Crippen LogP contribution in [0.15, 0.2) is 18.3 Å². The van der Waals surface area contributed by atoms with E-state index in [9.17, 15) is 5.26 Å². The molecule has 0 radical (unpaired) electrons. The fourth-order valence-electron chi connectivity index (χ4n) is 3.80. The lowest BCUT2D eigenvalue weighted by Gasteiger charge is -2.36. The van der Waals surface area contributed by atoms with Crippen molar-refractivity contribution in [3.63, 3.8) is 0 Å². The van der Waals surface area contributed by atoms with Crippen LogP contribution < -0.4 is 14.7 Å². The molecular formula is C20H25N7. The van der Waals surface area contributed by atoms with Crippen LogP contribution in [0.1, 0.15) is 29.7 Å². The Kier molecular flexibility index (Phi) is 4.80. The van der Waals surface area contributed by atoms with Crippen LogP contribution in [-0.2, 0) is 12.8 Å². The molecule has 1 saturated heterocycles. The standard InChI is InChI=1S/C20H25N7/c1-25(2)18-7-8-22-20(24-18)27-11-9-26(10-12-27)19-16(14-21)13-15-5-3-4-6-17(15)23-19/h7-8,13H,3-6,9-12H2,1-2H3. The van der Waals surface area contributed by atoms with Crippen molar-refractivity contribution in [3.8, 4) is 6.07 Å². The second kappa shape index (κ2) is 7.39. The van der Waals surface area contributed by atoms with Crippen molar-refractivity contribution in [2.45, 2.75) is 25.7 Å². The Balaban J connectivity index is 1.51. The van der Waals surface area contributed by atoms with Gasteiger partial charge in [0, 0.05) is 52.2 Å². The molecule has 140 valence electrons. The highest BCUT2D eigenvalue weighted by Gasteiger charge is 2.24. The summed E-state index contributed by atoms with van der Waals surface area (Å²) in [4.78, 5) is 20.4. The number of pyridine rings is 1. The van der Waals surface area contributed by atoms with Gasteiger partial charge in [0.1, 0.15) is 17.7 Å². The number of anilines is 3. The van der Waals surface area contributed by atoms with Gasteiger partial charge in [0.2, 0.25) is 5.95 Å². The first kappa shape index (κ1) is 17.5. The molecule has 0 spiro atoms. The molecule has 0 unspecified atom stereocenters. The molecule has 2 aliphatic rings. The van der Waals surface area contributed by atoms with E-state index >= 15 is 0 Å². The summed E-state index contributed by atoms with van der Waals surface area (Å²) in [5.41, 5.74) is 3.14. The monoisotopic (exact) mass is 363 g/mol. The van der Waals surface area contributed by atoms with Gasteiger partial charge in [0.05, 0.1) is 5.56 Å². The maximum absolute atomic E-state index is 9.61. The third kappa shape index (κ3) is 3.52. The van der Waals surface area contributed by atoms with E-state index < -0.39 is 0 Å². The number of aryl methyl sites for hydroxylation is 2. The number of nitriles is 1. The predicted molar refractivity (Wildman–Crippen MR) is 106 cm³/mol. The fraction of sp³-hybridized carbons (Fsp3) is 0.500. The molecular weight excluding hydrogens is 338 g/mol. The molecule has 0 N–H and O–H groups in total. The van der Waals surface area contributed by atoms with Crippen LogP contribution in [0.2, 0.25) is 0 Å². The maximum atomic E-state index is 9.61. The van der Waals surface area contributed by atoms with Gasteiger partial charge < -0.3 is 14.7 Å². The SMILES string of the molecule is CN(C)c1ccnc(N2CCN(c3nc4c(cc3C#N)CCCC4)CC2)n1. The highest BCUT2D eigenvalue weighted by Crippen LogP contribution is 2.27. The average molecular weight is 363 g/mol. The first-order chi connectivity index (χ1) is 13.2. The normalized spacial score (nSPS) is 16.6. The minimum absolute atomic E-state index is 0.704. The Morgan fingerprint density at radius 2 is 1.78 bits per heavy atom. The lowest BCUT2D eigenvalue weighted by atomic mass is 9.95. The van der Waals surface area contributed by atoms with Gasteiger partial charge in [0.15, 0.2) is 0 Å². The summed E-state index contributed by atoms with van der Waals surface area (Å²) in [5.74, 6) is 2.52. The van der Waals surface area contributed by atoms with Gasteiger partial charge in [-0.3, -0.25) is 0 Å². The highest BCUT2D eigenvalue weighted by molar-refractivity contribution is 5.57. The van der Waals surface area contributed by atoms with Crippen molar-refractivity contribution < 1.29 is 0 Å². The Morgan fingerprint density at radius 1 is 1.04 bits per heavy atom. The Hall–Kier alpha value is -2.88. The second-order valence-corrected chi connectivity index (χ2v) is 7.37. The zero-order valence-electron chi connectivity index (χ0n) is 16.0. The summed E-state index contributed by atoms with van der Waals surface area (Å²) >= 11 is 0. The number of hydrogen-bond donors (Lipinski definition) is 0. The van der Waals surface area contributed by atoms with Crippen molar-refractivity contribution in [1.29, 1.82) is 5.26 Å². The van der Waals surface area contributed by atoms with Crippen LogP contribution in [0, 0.1) is 11.3 Å². The first-order valence-electron chi connectivity index (χ1n) is 9.59. The van der Waals surface area contributed by atoms with Crippen molar-refractivity contribution in [2.75, 3.05) is 55.0 Å². The molecule has 0 aromatic carbocycles. The molecule has 1 fully saturated rings. The molecule has 4 rings (SSSR count). The van der Waals surface area contributed by atoms with E-state index in [-0.39, 0.29) is 0 Å². The van der Waals surface area contributed by atoms with Crippen LogP contribution in [-0.4, -0.2) is 55.2 Å². The predicted octanol–water partition coefficient (Wildman–Crippen LogP) is 2.01. The van der Waals surface area contributed by atoms with Gasteiger partial charge in [-0.05, 0) is 43.4 Å². The van der Waals surface area contributed by atoms with Crippen molar-refractivity contribution in [3.05, 3.63) is 35.2 Å². The van der Waals surface area contributed by atoms with Gasteiger partial charge >= 0.3 is 0 Å². The summed E-state index contributed by atoms with van der Waals surface area (Å²) in [6.07, 6.45) is 6.27. The molecule has 7 heteroatoms. The Labute approximate surface area is 160 Å². The Morgan fingerprint density at radius 3 is 2.52 bits per heavy atom. The zero-order chi connectivity index (χ0) is 18.8. The lowest BCUT2D eigenvalue weighted by molar-refractivity contribution is 0.625. The number of rotatable bonds is 3. The number of nitrogens with zero attached hydrogens (tertiary/aromatic N) is 7. The molecule has 1 aliphatic heterocycles. The highest BCUT2D eigenvalue weighted by atomic mass is 15.3. The average Bonchev–Trinajstić information content (AvgIpc) is 2.73. The van der Waals surface area contributed by atoms with E-state index in [1.54, 1.807) is 0 Å². The van der Waals surface area contributed by atoms with E-state index in [2.05, 4.69) is 31.9 Å². The van der Waals surface area contributed by atoms with Crippen molar-refractivity contribution in [2.24, 2.45) is 0 Å². The number of fused-ring (bicyclic) bond motifs is 1. The number of hydrogen-bond acceptors (Lipinski definition) is 7. The maximum Gasteiger partial charge on any atom is 0.227 e. The van der Waals surface area contributed by atoms with E-state index in [1.807, 2.05) is 31.3 Å². The van der Waals surface area contributed by atoms with Gasteiger partial charge in [-0.2, -0.15) is 10.2 Å². The lowest BCUT2D eigenvalue weighted by Crippen LogP contribution is -2.47. The third-order valence-corrected chi connectivity index (χ3v) is 5.35. The van der Waals surface area contributed by atoms with E-state index in [1.165, 1.54) is 24.1 Å². The quantitative estimate of drug-likeness (QED) is 0.826. The third-order valence-electron chi connectivity index (χ3n) is 5.35. The summed E-state index contributed by atoms with van der Waals surface area (Å²) in [6.45, 7) is 3.27. The summed E-state index contributed by atoms with van der Waals surface area (Å²) < 4.78 is 0. The van der Waals surface area contributed by atoms with E-state index in [4.69, 9.17) is 4.98 Å². The fourth-order valence-corrected chi connectivity index (χ4v) is 3.80. The molecule has 0 saturated carbocycles. The first-order valence-corrected chi connectivity index (χ1v) is 9.59. The summed E-state index contributed by atoms with van der Waals surface area (Å²) in [7, 11) is 3.96. The largest absolute Gasteiger partial charge is 0.363 e. The van der Waals surface area contributed by atoms with E-state index in [0.29, 0.717) is 5.56 Å². The summed E-state index contributed by atoms with van der Waals surface area (Å²) in [6, 6.07) is 6.33. The Bertz CT molecular complexity index is 863. The minimum Gasteiger partial charge on any atom is -0.363 e. The van der Waals surface area contributed by atoms with Gasteiger partial charge in [-0.25, -0.2) is 9.97 Å².